The second-order valence-corrected chi connectivity index (χ2v) is 7.37. The summed E-state index contributed by atoms with van der Waals surface area (Å²) in [6, 6.07) is 17.0. The number of methoxy groups -OCH3 is 1. The van der Waals surface area contributed by atoms with Gasteiger partial charge in [0.05, 0.1) is 19.8 Å². The lowest BCUT2D eigenvalue weighted by Crippen LogP contribution is -2.31. The van der Waals surface area contributed by atoms with Crippen LogP contribution in [-0.2, 0) is 11.2 Å². The fourth-order valence-corrected chi connectivity index (χ4v) is 3.66. The van der Waals surface area contributed by atoms with E-state index in [4.69, 9.17) is 9.47 Å². The van der Waals surface area contributed by atoms with E-state index < -0.39 is 0 Å². The highest BCUT2D eigenvalue weighted by Gasteiger charge is 2.19. The lowest BCUT2D eigenvalue weighted by molar-refractivity contribution is 0.0338. The minimum Gasteiger partial charge on any atom is -0.497 e. The first-order chi connectivity index (χ1) is 13.2. The summed E-state index contributed by atoms with van der Waals surface area (Å²) < 4.78 is 11.3. The molecule has 27 heavy (non-hydrogen) atoms. The smallest absolute Gasteiger partial charge is 0.119 e. The number of hydrogen-bond donors (Lipinski definition) is 0. The molecule has 1 unspecified atom stereocenters. The molecule has 0 aromatic heterocycles. The summed E-state index contributed by atoms with van der Waals surface area (Å²) in [6.45, 7) is 4.00. The van der Waals surface area contributed by atoms with Crippen LogP contribution in [0.1, 0.15) is 30.1 Å². The predicted molar refractivity (Wildman–Crippen MR) is 112 cm³/mol. The van der Waals surface area contributed by atoms with Gasteiger partial charge < -0.3 is 19.3 Å². The van der Waals surface area contributed by atoms with Crippen molar-refractivity contribution >= 4 is 5.69 Å². The zero-order chi connectivity index (χ0) is 19.1. The van der Waals surface area contributed by atoms with Gasteiger partial charge in [0.2, 0.25) is 0 Å². The number of fused-ring (bicyclic) bond motifs is 1. The molecule has 2 aromatic rings. The fraction of sp³-hybridized carbons (Fsp3) is 0.478. The van der Waals surface area contributed by atoms with Crippen LogP contribution in [0.2, 0.25) is 0 Å². The number of ether oxygens (including phenoxy) is 2. The molecular formula is C23H32N2O2. The topological polar surface area (TPSA) is 24.9 Å². The van der Waals surface area contributed by atoms with Gasteiger partial charge in [0.1, 0.15) is 5.75 Å². The third-order valence-electron chi connectivity index (χ3n) is 5.43. The van der Waals surface area contributed by atoms with E-state index in [1.54, 1.807) is 7.11 Å². The van der Waals surface area contributed by atoms with Gasteiger partial charge in [-0.2, -0.15) is 0 Å². The number of benzene rings is 2. The molecule has 1 atom stereocenters. The van der Waals surface area contributed by atoms with Crippen molar-refractivity contribution in [3.05, 3.63) is 59.7 Å². The highest BCUT2D eigenvalue weighted by Crippen LogP contribution is 2.30. The molecule has 146 valence electrons. The molecule has 0 bridgehead atoms. The van der Waals surface area contributed by atoms with Gasteiger partial charge >= 0.3 is 0 Å². The molecule has 0 aliphatic carbocycles. The molecule has 2 aromatic carbocycles. The van der Waals surface area contributed by atoms with Crippen molar-refractivity contribution in [3.8, 4) is 5.75 Å². The van der Waals surface area contributed by atoms with Gasteiger partial charge in [-0.05, 0) is 68.2 Å². The van der Waals surface area contributed by atoms with Gasteiger partial charge in [-0.3, -0.25) is 0 Å². The Morgan fingerprint density at radius 1 is 1.00 bits per heavy atom. The summed E-state index contributed by atoms with van der Waals surface area (Å²) in [4.78, 5) is 4.70. The van der Waals surface area contributed by atoms with Crippen molar-refractivity contribution < 1.29 is 9.47 Å². The maximum atomic E-state index is 6.02. The standard InChI is InChI=1S/C23H32N2O2/c1-24(16-17-25(2)20-10-12-21(26-3)13-11-20)15-6-9-23-22-8-5-4-7-19(22)14-18-27-23/h4-5,7-8,10-13,23H,6,9,14-18H2,1-3H3. The monoisotopic (exact) mass is 368 g/mol. The van der Waals surface area contributed by atoms with E-state index in [2.05, 4.69) is 60.3 Å². The van der Waals surface area contributed by atoms with Crippen LogP contribution in [0.3, 0.4) is 0 Å². The van der Waals surface area contributed by atoms with Crippen LogP contribution in [0.15, 0.2) is 48.5 Å². The molecular weight excluding hydrogens is 336 g/mol. The summed E-state index contributed by atoms with van der Waals surface area (Å²) in [5.41, 5.74) is 4.07. The van der Waals surface area contributed by atoms with Crippen molar-refractivity contribution in [2.24, 2.45) is 0 Å². The van der Waals surface area contributed by atoms with Crippen LogP contribution < -0.4 is 9.64 Å². The molecule has 0 fully saturated rings. The Kier molecular flexibility index (Phi) is 7.13. The molecule has 0 radical (unpaired) electrons. The van der Waals surface area contributed by atoms with Crippen molar-refractivity contribution in [1.82, 2.24) is 4.90 Å². The molecule has 3 rings (SSSR count). The van der Waals surface area contributed by atoms with Crippen molar-refractivity contribution in [2.45, 2.75) is 25.4 Å². The quantitative estimate of drug-likeness (QED) is 0.664. The van der Waals surface area contributed by atoms with Gasteiger partial charge in [-0.25, -0.2) is 0 Å². The lowest BCUT2D eigenvalue weighted by Gasteiger charge is -2.27. The first-order valence-corrected chi connectivity index (χ1v) is 9.90. The number of rotatable bonds is 9. The Labute approximate surface area is 163 Å². The largest absolute Gasteiger partial charge is 0.497 e. The molecule has 4 heteroatoms. The van der Waals surface area contributed by atoms with Gasteiger partial charge in [0.15, 0.2) is 0 Å². The van der Waals surface area contributed by atoms with Crippen molar-refractivity contribution in [1.29, 1.82) is 0 Å². The van der Waals surface area contributed by atoms with Gasteiger partial charge in [-0.1, -0.05) is 24.3 Å². The maximum Gasteiger partial charge on any atom is 0.119 e. The number of hydrogen-bond acceptors (Lipinski definition) is 4. The van der Waals surface area contributed by atoms with E-state index in [9.17, 15) is 0 Å². The molecule has 1 aliphatic heterocycles. The summed E-state index contributed by atoms with van der Waals surface area (Å²) in [6.07, 6.45) is 3.56. The summed E-state index contributed by atoms with van der Waals surface area (Å²) >= 11 is 0. The average Bonchev–Trinajstić information content (AvgIpc) is 2.72. The van der Waals surface area contributed by atoms with E-state index in [1.807, 2.05) is 12.1 Å². The van der Waals surface area contributed by atoms with Crippen LogP contribution in [0.25, 0.3) is 0 Å². The zero-order valence-corrected chi connectivity index (χ0v) is 16.9. The molecule has 1 aliphatic rings. The fourth-order valence-electron chi connectivity index (χ4n) is 3.66. The molecule has 0 saturated carbocycles. The van der Waals surface area contributed by atoms with Crippen LogP contribution in [-0.4, -0.2) is 52.3 Å². The molecule has 0 amide bonds. The molecule has 0 saturated heterocycles. The SMILES string of the molecule is COc1ccc(N(C)CCN(C)CCCC2OCCc3ccccc32)cc1. The highest BCUT2D eigenvalue weighted by atomic mass is 16.5. The maximum absolute atomic E-state index is 6.02. The van der Waals surface area contributed by atoms with Crippen LogP contribution in [0, 0.1) is 0 Å². The van der Waals surface area contributed by atoms with Gasteiger partial charge in [-0.15, -0.1) is 0 Å². The number of anilines is 1. The number of nitrogens with zero attached hydrogens (tertiary/aromatic N) is 2. The van der Waals surface area contributed by atoms with E-state index in [1.165, 1.54) is 16.8 Å². The lowest BCUT2D eigenvalue weighted by atomic mass is 9.95. The normalized spacial score (nSPS) is 16.2. The average molecular weight is 369 g/mol. The third-order valence-corrected chi connectivity index (χ3v) is 5.43. The second kappa shape index (κ2) is 9.77. The second-order valence-electron chi connectivity index (χ2n) is 7.37. The Bertz CT molecular complexity index is 702. The van der Waals surface area contributed by atoms with Crippen LogP contribution in [0.4, 0.5) is 5.69 Å². The van der Waals surface area contributed by atoms with E-state index in [0.717, 1.165) is 51.3 Å². The van der Waals surface area contributed by atoms with E-state index >= 15 is 0 Å². The summed E-state index contributed by atoms with van der Waals surface area (Å²) in [5.74, 6) is 0.899. The van der Waals surface area contributed by atoms with Gasteiger partial charge in [0.25, 0.3) is 0 Å². The molecule has 1 heterocycles. The van der Waals surface area contributed by atoms with E-state index in [0.29, 0.717) is 0 Å². The highest BCUT2D eigenvalue weighted by molar-refractivity contribution is 5.48. The summed E-state index contributed by atoms with van der Waals surface area (Å²) in [7, 11) is 6.05. The minimum absolute atomic E-state index is 0.269. The Balaban J connectivity index is 1.39. The minimum atomic E-state index is 0.269. The first-order valence-electron chi connectivity index (χ1n) is 9.90. The Hall–Kier alpha value is -2.04. The molecule has 4 nitrogen and oxygen atoms in total. The predicted octanol–water partition coefficient (Wildman–Crippen LogP) is 4.16. The van der Waals surface area contributed by atoms with E-state index in [-0.39, 0.29) is 6.10 Å². The van der Waals surface area contributed by atoms with Crippen LogP contribution >= 0.6 is 0 Å². The van der Waals surface area contributed by atoms with Crippen molar-refractivity contribution in [3.63, 3.8) is 0 Å². The Morgan fingerprint density at radius 3 is 2.56 bits per heavy atom. The molecule has 0 spiro atoms. The van der Waals surface area contributed by atoms with Gasteiger partial charge in [0, 0.05) is 25.8 Å². The third kappa shape index (κ3) is 5.47. The summed E-state index contributed by atoms with van der Waals surface area (Å²) in [5, 5.41) is 0. The Morgan fingerprint density at radius 2 is 1.78 bits per heavy atom. The number of likely N-dealkylation sites (N-methyl/N-ethyl adjacent to an activating group) is 2. The van der Waals surface area contributed by atoms with Crippen molar-refractivity contribution in [2.75, 3.05) is 52.3 Å². The first kappa shape index (κ1) is 19.7. The zero-order valence-electron chi connectivity index (χ0n) is 16.9. The van der Waals surface area contributed by atoms with Crippen LogP contribution in [0.5, 0.6) is 5.75 Å². The molecule has 0 N–H and O–H groups in total.